The number of nitrogens with one attached hydrogen (secondary N) is 1. The Morgan fingerprint density at radius 1 is 1.29 bits per heavy atom. The molecular formula is C10H9IN2S. The summed E-state index contributed by atoms with van der Waals surface area (Å²) < 4.78 is 1.25. The summed E-state index contributed by atoms with van der Waals surface area (Å²) in [5.74, 6) is 0. The van der Waals surface area contributed by atoms with E-state index in [-0.39, 0.29) is 0 Å². The maximum Gasteiger partial charge on any atom is 0.182 e. The smallest absolute Gasteiger partial charge is 0.182 e. The van der Waals surface area contributed by atoms with Crippen molar-refractivity contribution < 1.29 is 0 Å². The van der Waals surface area contributed by atoms with E-state index in [1.54, 1.807) is 11.3 Å². The van der Waals surface area contributed by atoms with Crippen LogP contribution in [0.3, 0.4) is 0 Å². The fourth-order valence-corrected chi connectivity index (χ4v) is 2.18. The Kier molecular flexibility index (Phi) is 3.02. The average molecular weight is 316 g/mol. The maximum atomic E-state index is 4.43. The zero-order valence-electron chi connectivity index (χ0n) is 7.62. The molecule has 0 fully saturated rings. The van der Waals surface area contributed by atoms with Gasteiger partial charge in [0.25, 0.3) is 0 Å². The van der Waals surface area contributed by atoms with Crippen LogP contribution in [0.5, 0.6) is 0 Å². The summed E-state index contributed by atoms with van der Waals surface area (Å²) in [4.78, 5) is 4.43. The van der Waals surface area contributed by atoms with Gasteiger partial charge < -0.3 is 5.32 Å². The molecule has 1 aromatic carbocycles. The molecule has 14 heavy (non-hydrogen) atoms. The number of benzene rings is 1. The van der Waals surface area contributed by atoms with Crippen LogP contribution in [0.1, 0.15) is 0 Å². The molecule has 0 aliphatic heterocycles. The molecule has 72 valence electrons. The van der Waals surface area contributed by atoms with Crippen LogP contribution >= 0.6 is 33.9 Å². The number of rotatable bonds is 2. The summed E-state index contributed by atoms with van der Waals surface area (Å²) in [5, 5.41) is 6.05. The van der Waals surface area contributed by atoms with Crippen molar-refractivity contribution in [2.45, 2.75) is 0 Å². The van der Waals surface area contributed by atoms with Crippen LogP contribution in [0.4, 0.5) is 5.13 Å². The van der Waals surface area contributed by atoms with Crippen molar-refractivity contribution in [3.05, 3.63) is 33.2 Å². The van der Waals surface area contributed by atoms with Crippen molar-refractivity contribution >= 4 is 39.1 Å². The van der Waals surface area contributed by atoms with Gasteiger partial charge in [-0.15, -0.1) is 11.3 Å². The van der Waals surface area contributed by atoms with Crippen LogP contribution in [0, 0.1) is 3.57 Å². The van der Waals surface area contributed by atoms with Gasteiger partial charge in [-0.25, -0.2) is 4.98 Å². The van der Waals surface area contributed by atoms with Crippen molar-refractivity contribution in [2.75, 3.05) is 12.4 Å². The van der Waals surface area contributed by atoms with Gasteiger partial charge >= 0.3 is 0 Å². The standard InChI is InChI=1S/C10H9IN2S/c1-12-10-13-9(6-14-10)7-2-4-8(11)5-3-7/h2-6H,1H3,(H,12,13). The summed E-state index contributed by atoms with van der Waals surface area (Å²) in [5.41, 5.74) is 2.21. The Morgan fingerprint density at radius 2 is 2.00 bits per heavy atom. The number of nitrogens with zero attached hydrogens (tertiary/aromatic N) is 1. The van der Waals surface area contributed by atoms with Crippen molar-refractivity contribution in [3.8, 4) is 11.3 Å². The molecule has 0 aliphatic rings. The Bertz CT molecular complexity index is 422. The second kappa shape index (κ2) is 4.27. The highest BCUT2D eigenvalue weighted by Crippen LogP contribution is 2.24. The van der Waals surface area contributed by atoms with Gasteiger partial charge in [0.1, 0.15) is 0 Å². The molecule has 0 saturated carbocycles. The lowest BCUT2D eigenvalue weighted by molar-refractivity contribution is 1.36. The Balaban J connectivity index is 2.34. The van der Waals surface area contributed by atoms with Gasteiger partial charge in [0.15, 0.2) is 5.13 Å². The molecule has 0 atom stereocenters. The molecule has 2 aromatic rings. The first-order valence-electron chi connectivity index (χ1n) is 4.19. The highest BCUT2D eigenvalue weighted by molar-refractivity contribution is 14.1. The van der Waals surface area contributed by atoms with E-state index in [4.69, 9.17) is 0 Å². The zero-order chi connectivity index (χ0) is 9.97. The molecule has 0 amide bonds. The van der Waals surface area contributed by atoms with Gasteiger partial charge in [-0.05, 0) is 34.7 Å². The van der Waals surface area contributed by atoms with Crippen LogP contribution in [-0.4, -0.2) is 12.0 Å². The second-order valence-corrected chi connectivity index (χ2v) is 4.90. The molecule has 0 radical (unpaired) electrons. The van der Waals surface area contributed by atoms with Crippen molar-refractivity contribution in [1.29, 1.82) is 0 Å². The molecule has 0 saturated heterocycles. The molecule has 0 aliphatic carbocycles. The molecule has 1 aromatic heterocycles. The predicted molar refractivity (Wildman–Crippen MR) is 69.8 cm³/mol. The lowest BCUT2D eigenvalue weighted by Crippen LogP contribution is -1.85. The van der Waals surface area contributed by atoms with Gasteiger partial charge in [-0.1, -0.05) is 12.1 Å². The molecule has 2 nitrogen and oxygen atoms in total. The summed E-state index contributed by atoms with van der Waals surface area (Å²) in [6.07, 6.45) is 0. The number of thiazole rings is 1. The van der Waals surface area contributed by atoms with Crippen molar-refractivity contribution in [2.24, 2.45) is 0 Å². The zero-order valence-corrected chi connectivity index (χ0v) is 10.6. The van der Waals surface area contributed by atoms with Crippen LogP contribution in [0.25, 0.3) is 11.3 Å². The first kappa shape index (κ1) is 9.92. The highest BCUT2D eigenvalue weighted by Gasteiger charge is 2.02. The molecule has 1 heterocycles. The lowest BCUT2D eigenvalue weighted by atomic mass is 10.2. The van der Waals surface area contributed by atoms with Crippen LogP contribution in [0.2, 0.25) is 0 Å². The number of anilines is 1. The highest BCUT2D eigenvalue weighted by atomic mass is 127. The minimum atomic E-state index is 0.957. The number of halogens is 1. The molecule has 0 unspecified atom stereocenters. The molecular weight excluding hydrogens is 307 g/mol. The summed E-state index contributed by atoms with van der Waals surface area (Å²) in [6.45, 7) is 0. The second-order valence-electron chi connectivity index (χ2n) is 2.79. The minimum absolute atomic E-state index is 0.957. The monoisotopic (exact) mass is 316 g/mol. The maximum absolute atomic E-state index is 4.43. The third-order valence-electron chi connectivity index (χ3n) is 1.86. The Morgan fingerprint density at radius 3 is 2.57 bits per heavy atom. The van der Waals surface area contributed by atoms with E-state index in [2.05, 4.69) is 62.5 Å². The quantitative estimate of drug-likeness (QED) is 0.859. The predicted octanol–water partition coefficient (Wildman–Crippen LogP) is 3.46. The molecule has 0 bridgehead atoms. The number of aromatic nitrogens is 1. The van der Waals surface area contributed by atoms with Crippen molar-refractivity contribution in [3.63, 3.8) is 0 Å². The molecule has 4 heteroatoms. The minimum Gasteiger partial charge on any atom is -0.365 e. The van der Waals surface area contributed by atoms with Crippen LogP contribution in [-0.2, 0) is 0 Å². The van der Waals surface area contributed by atoms with E-state index in [1.165, 1.54) is 9.13 Å². The lowest BCUT2D eigenvalue weighted by Gasteiger charge is -1.96. The van der Waals surface area contributed by atoms with Gasteiger partial charge in [0, 0.05) is 21.6 Å². The van der Waals surface area contributed by atoms with Crippen LogP contribution < -0.4 is 5.32 Å². The van der Waals surface area contributed by atoms with Gasteiger partial charge in [-0.2, -0.15) is 0 Å². The molecule has 1 N–H and O–H groups in total. The Labute approximate surface area is 101 Å². The first-order chi connectivity index (χ1) is 6.79. The van der Waals surface area contributed by atoms with Crippen LogP contribution in [0.15, 0.2) is 29.6 Å². The van der Waals surface area contributed by atoms with Gasteiger partial charge in [0.05, 0.1) is 5.69 Å². The molecule has 0 spiro atoms. The first-order valence-corrected chi connectivity index (χ1v) is 6.14. The van der Waals surface area contributed by atoms with E-state index in [0.29, 0.717) is 0 Å². The van der Waals surface area contributed by atoms with E-state index in [0.717, 1.165) is 10.8 Å². The number of hydrogen-bond donors (Lipinski definition) is 1. The van der Waals surface area contributed by atoms with E-state index in [1.807, 2.05) is 7.05 Å². The largest absolute Gasteiger partial charge is 0.365 e. The summed E-state index contributed by atoms with van der Waals surface area (Å²) in [7, 11) is 1.89. The van der Waals surface area contributed by atoms with Gasteiger partial charge in [-0.3, -0.25) is 0 Å². The van der Waals surface area contributed by atoms with Crippen molar-refractivity contribution in [1.82, 2.24) is 4.98 Å². The van der Waals surface area contributed by atoms with E-state index < -0.39 is 0 Å². The van der Waals surface area contributed by atoms with Gasteiger partial charge in [0.2, 0.25) is 0 Å². The normalized spacial score (nSPS) is 10.1. The SMILES string of the molecule is CNc1nc(-c2ccc(I)cc2)cs1. The Hall–Kier alpha value is -0.620. The summed E-state index contributed by atoms with van der Waals surface area (Å²) >= 11 is 3.92. The van der Waals surface area contributed by atoms with E-state index >= 15 is 0 Å². The topological polar surface area (TPSA) is 24.9 Å². The summed E-state index contributed by atoms with van der Waals surface area (Å²) in [6, 6.07) is 8.37. The fourth-order valence-electron chi connectivity index (χ4n) is 1.14. The molecule has 2 rings (SSSR count). The average Bonchev–Trinajstić information content (AvgIpc) is 2.67. The fraction of sp³-hybridized carbons (Fsp3) is 0.100. The van der Waals surface area contributed by atoms with E-state index in [9.17, 15) is 0 Å². The third kappa shape index (κ3) is 2.06. The number of hydrogen-bond acceptors (Lipinski definition) is 3. The third-order valence-corrected chi connectivity index (χ3v) is 3.44.